The topological polar surface area (TPSA) is 9.23 Å². The van der Waals surface area contributed by atoms with Crippen molar-refractivity contribution in [1.29, 1.82) is 0 Å². The summed E-state index contributed by atoms with van der Waals surface area (Å²) in [4.78, 5) is 0. The van der Waals surface area contributed by atoms with Crippen LogP contribution in [-0.2, 0) is 4.43 Å². The third kappa shape index (κ3) is 3.42. The molecule has 0 N–H and O–H groups in total. The van der Waals surface area contributed by atoms with Gasteiger partial charge in [-0.1, -0.05) is 86.5 Å². The number of hydrogen-bond acceptors (Lipinski definition) is 1. The molecule has 0 unspecified atom stereocenters. The number of hydrogen-bond donors (Lipinski definition) is 0. The van der Waals surface area contributed by atoms with E-state index in [0.717, 1.165) is 5.54 Å². The van der Waals surface area contributed by atoms with Gasteiger partial charge in [0.25, 0.3) is 0 Å². The molecule has 0 aromatic carbocycles. The van der Waals surface area contributed by atoms with Crippen LogP contribution < -0.4 is 0 Å². The maximum absolute atomic E-state index is 7.23. The molecule has 0 radical (unpaired) electrons. The van der Waals surface area contributed by atoms with Crippen LogP contribution in [0.3, 0.4) is 0 Å². The first-order valence-corrected chi connectivity index (χ1v) is 11.3. The molecule has 2 aliphatic rings. The van der Waals surface area contributed by atoms with Crippen molar-refractivity contribution in [2.45, 2.75) is 121 Å². The Morgan fingerprint density at radius 1 is 0.667 bits per heavy atom. The third-order valence-electron chi connectivity index (χ3n) is 6.06. The lowest BCUT2D eigenvalue weighted by Gasteiger charge is -2.56. The molecule has 2 aliphatic carbocycles. The molecule has 124 valence electrons. The molecule has 0 atom stereocenters. The highest BCUT2D eigenvalue weighted by molar-refractivity contribution is 6.80. The zero-order chi connectivity index (χ0) is 15.7. The molecule has 0 bridgehead atoms. The second-order valence-corrected chi connectivity index (χ2v) is 15.1. The van der Waals surface area contributed by atoms with Crippen LogP contribution in [0.1, 0.15) is 99.3 Å². The van der Waals surface area contributed by atoms with Crippen LogP contribution in [0.25, 0.3) is 0 Å². The maximum Gasteiger partial charge on any atom is 0.206 e. The molecule has 0 aromatic rings. The quantitative estimate of drug-likeness (QED) is 0.519. The lowest BCUT2D eigenvalue weighted by Crippen LogP contribution is -2.59. The minimum absolute atomic E-state index is 0.331. The van der Waals surface area contributed by atoms with Gasteiger partial charge in [0, 0.05) is 6.10 Å². The SMILES string of the molecule is CC(C)(C)[Si](OC1CCCCC1)(C1CCCC1)C(C)(C)C. The van der Waals surface area contributed by atoms with Crippen LogP contribution in [0.15, 0.2) is 0 Å². The fraction of sp³-hybridized carbons (Fsp3) is 1.00. The van der Waals surface area contributed by atoms with Crippen LogP contribution >= 0.6 is 0 Å². The Morgan fingerprint density at radius 3 is 1.52 bits per heavy atom. The van der Waals surface area contributed by atoms with Crippen LogP contribution in [0.5, 0.6) is 0 Å². The molecule has 0 spiro atoms. The van der Waals surface area contributed by atoms with Gasteiger partial charge in [-0.3, -0.25) is 0 Å². The first-order valence-electron chi connectivity index (χ1n) is 9.36. The van der Waals surface area contributed by atoms with Gasteiger partial charge in [-0.05, 0) is 28.5 Å². The van der Waals surface area contributed by atoms with Crippen molar-refractivity contribution in [2.24, 2.45) is 0 Å². The fourth-order valence-corrected chi connectivity index (χ4v) is 13.2. The normalized spacial score (nSPS) is 23.7. The predicted octanol–water partition coefficient (Wildman–Crippen LogP) is 6.83. The van der Waals surface area contributed by atoms with Crippen molar-refractivity contribution in [2.75, 3.05) is 0 Å². The van der Waals surface area contributed by atoms with Crippen LogP contribution in [0, 0.1) is 0 Å². The first-order chi connectivity index (χ1) is 9.68. The van der Waals surface area contributed by atoms with Crippen molar-refractivity contribution in [3.8, 4) is 0 Å². The van der Waals surface area contributed by atoms with Gasteiger partial charge in [-0.25, -0.2) is 0 Å². The van der Waals surface area contributed by atoms with E-state index in [1.807, 2.05) is 0 Å². The van der Waals surface area contributed by atoms with Gasteiger partial charge in [0.1, 0.15) is 0 Å². The van der Waals surface area contributed by atoms with Crippen molar-refractivity contribution in [1.82, 2.24) is 0 Å². The molecule has 2 rings (SSSR count). The molecule has 0 heterocycles. The summed E-state index contributed by atoms with van der Waals surface area (Å²) in [6.07, 6.45) is 13.1. The Kier molecular flexibility index (Phi) is 5.30. The van der Waals surface area contributed by atoms with Crippen molar-refractivity contribution in [3.05, 3.63) is 0 Å². The molecule has 2 saturated carbocycles. The van der Waals surface area contributed by atoms with E-state index in [2.05, 4.69) is 41.5 Å². The van der Waals surface area contributed by atoms with Crippen molar-refractivity contribution >= 4 is 8.32 Å². The molecular weight excluding hydrogens is 272 g/mol. The monoisotopic (exact) mass is 310 g/mol. The molecule has 1 nitrogen and oxygen atoms in total. The molecule has 0 saturated heterocycles. The molecular formula is C19H38OSi. The van der Waals surface area contributed by atoms with E-state index in [4.69, 9.17) is 4.43 Å². The predicted molar refractivity (Wildman–Crippen MR) is 95.4 cm³/mol. The Bertz CT molecular complexity index is 310. The lowest BCUT2D eigenvalue weighted by atomic mass is 9.98. The van der Waals surface area contributed by atoms with Gasteiger partial charge in [0.15, 0.2) is 0 Å². The van der Waals surface area contributed by atoms with Gasteiger partial charge in [0.2, 0.25) is 8.32 Å². The lowest BCUT2D eigenvalue weighted by molar-refractivity contribution is 0.118. The van der Waals surface area contributed by atoms with E-state index >= 15 is 0 Å². The van der Waals surface area contributed by atoms with Gasteiger partial charge >= 0.3 is 0 Å². The molecule has 2 fully saturated rings. The second-order valence-electron chi connectivity index (χ2n) is 9.59. The molecule has 0 aromatic heterocycles. The van der Waals surface area contributed by atoms with Gasteiger partial charge < -0.3 is 4.43 Å². The Labute approximate surface area is 134 Å². The Morgan fingerprint density at radius 2 is 1.10 bits per heavy atom. The molecule has 0 amide bonds. The summed E-state index contributed by atoms with van der Waals surface area (Å²) in [7, 11) is -1.85. The van der Waals surface area contributed by atoms with Gasteiger partial charge in [0.05, 0.1) is 0 Å². The molecule has 0 aliphatic heterocycles. The molecule has 2 heteroatoms. The minimum Gasteiger partial charge on any atom is -0.413 e. The highest BCUT2D eigenvalue weighted by Crippen LogP contribution is 2.61. The zero-order valence-electron chi connectivity index (χ0n) is 15.4. The highest BCUT2D eigenvalue weighted by Gasteiger charge is 2.60. The first kappa shape index (κ1) is 17.5. The van der Waals surface area contributed by atoms with Crippen molar-refractivity contribution < 1.29 is 4.43 Å². The van der Waals surface area contributed by atoms with E-state index in [-0.39, 0.29) is 0 Å². The summed E-state index contributed by atoms with van der Waals surface area (Å²) in [5, 5.41) is 0.662. The highest BCUT2D eigenvalue weighted by atomic mass is 28.4. The van der Waals surface area contributed by atoms with E-state index in [1.165, 1.54) is 57.8 Å². The largest absolute Gasteiger partial charge is 0.413 e. The Hall–Kier alpha value is 0.177. The third-order valence-corrected chi connectivity index (χ3v) is 13.0. The van der Waals surface area contributed by atoms with E-state index in [1.54, 1.807) is 0 Å². The summed E-state index contributed by atoms with van der Waals surface area (Å²) < 4.78 is 7.23. The summed E-state index contributed by atoms with van der Waals surface area (Å²) in [6, 6.07) is 0. The van der Waals surface area contributed by atoms with Crippen LogP contribution in [0.2, 0.25) is 15.6 Å². The second kappa shape index (κ2) is 6.35. The van der Waals surface area contributed by atoms with E-state index in [0.29, 0.717) is 16.2 Å². The maximum atomic E-state index is 7.23. The van der Waals surface area contributed by atoms with Crippen molar-refractivity contribution in [3.63, 3.8) is 0 Å². The zero-order valence-corrected chi connectivity index (χ0v) is 16.4. The Balaban J connectivity index is 2.34. The fourth-order valence-electron chi connectivity index (χ4n) is 5.58. The summed E-state index contributed by atoms with van der Waals surface area (Å²) >= 11 is 0. The van der Waals surface area contributed by atoms with E-state index < -0.39 is 8.32 Å². The smallest absolute Gasteiger partial charge is 0.206 e. The standard InChI is InChI=1S/C19H38OSi/c1-18(2,3)21(19(4,5)6,17-14-10-11-15-17)20-16-12-8-7-9-13-16/h16-17H,7-15H2,1-6H3. The van der Waals surface area contributed by atoms with Gasteiger partial charge in [-0.2, -0.15) is 0 Å². The van der Waals surface area contributed by atoms with Crippen LogP contribution in [0.4, 0.5) is 0 Å². The van der Waals surface area contributed by atoms with Crippen LogP contribution in [-0.4, -0.2) is 14.4 Å². The van der Waals surface area contributed by atoms with Gasteiger partial charge in [-0.15, -0.1) is 0 Å². The molecule has 21 heavy (non-hydrogen) atoms. The summed E-state index contributed by atoms with van der Waals surface area (Å²) in [5.74, 6) is 0. The summed E-state index contributed by atoms with van der Waals surface area (Å²) in [5.41, 5.74) is 0.874. The summed E-state index contributed by atoms with van der Waals surface area (Å²) in [6.45, 7) is 14.9. The number of rotatable bonds is 3. The average molecular weight is 311 g/mol. The van der Waals surface area contributed by atoms with E-state index in [9.17, 15) is 0 Å². The average Bonchev–Trinajstić information content (AvgIpc) is 2.88. The minimum atomic E-state index is -1.85.